The molecule has 1 saturated carbocycles. The van der Waals surface area contributed by atoms with Crippen LogP contribution in [0, 0.1) is 23.0 Å². The third kappa shape index (κ3) is 4.63. The number of benzene rings is 1. The van der Waals surface area contributed by atoms with E-state index in [0.717, 1.165) is 31.7 Å². The zero-order chi connectivity index (χ0) is 16.3. The Balaban J connectivity index is 0.00000264. The number of halogens is 1. The fraction of sp³-hybridized carbons (Fsp3) is 0.571. The normalized spacial score (nSPS) is 21.5. The number of nitrogens with zero attached hydrogens (tertiary/aromatic N) is 1. The maximum absolute atomic E-state index is 12.6. The van der Waals surface area contributed by atoms with E-state index in [0.29, 0.717) is 12.1 Å². The summed E-state index contributed by atoms with van der Waals surface area (Å²) >= 11 is 0. The highest BCUT2D eigenvalue weighted by Gasteiger charge is 2.30. The van der Waals surface area contributed by atoms with Crippen LogP contribution in [0.3, 0.4) is 0 Å². The molecule has 1 aliphatic carbocycles. The fourth-order valence-corrected chi connectivity index (χ4v) is 4.50. The van der Waals surface area contributed by atoms with Crippen LogP contribution in [-0.4, -0.2) is 25.9 Å². The number of nitro benzene ring substituents is 1. The largest absolute Gasteiger partial charge is 0.330 e. The molecule has 0 radical (unpaired) electrons. The predicted molar refractivity (Wildman–Crippen MR) is 90.2 cm³/mol. The van der Waals surface area contributed by atoms with Crippen molar-refractivity contribution in [2.24, 2.45) is 11.7 Å². The van der Waals surface area contributed by atoms with Crippen LogP contribution in [0.25, 0.3) is 0 Å². The van der Waals surface area contributed by atoms with Gasteiger partial charge in [-0.1, -0.05) is 18.9 Å². The molecule has 0 aromatic heterocycles. The van der Waals surface area contributed by atoms with Gasteiger partial charge in [-0.05, 0) is 37.8 Å². The summed E-state index contributed by atoms with van der Waals surface area (Å²) < 4.78 is 27.9. The van der Waals surface area contributed by atoms with Gasteiger partial charge < -0.3 is 5.73 Å². The van der Waals surface area contributed by atoms with Crippen molar-refractivity contribution in [3.05, 3.63) is 33.9 Å². The van der Waals surface area contributed by atoms with Crippen LogP contribution < -0.4 is 10.5 Å². The Morgan fingerprint density at radius 1 is 1.35 bits per heavy atom. The monoisotopic (exact) mass is 363 g/mol. The van der Waals surface area contributed by atoms with Gasteiger partial charge >= 0.3 is 0 Å². The molecule has 3 N–H and O–H groups in total. The summed E-state index contributed by atoms with van der Waals surface area (Å²) in [6, 6.07) is 3.66. The van der Waals surface area contributed by atoms with Gasteiger partial charge in [0.2, 0.25) is 10.0 Å². The molecule has 0 bridgehead atoms. The number of aryl methyl sites for hydroxylation is 1. The topological polar surface area (TPSA) is 115 Å². The van der Waals surface area contributed by atoms with Crippen molar-refractivity contribution in [2.75, 3.05) is 6.54 Å². The first-order valence-electron chi connectivity index (χ1n) is 7.32. The number of hydrogen-bond acceptors (Lipinski definition) is 5. The van der Waals surface area contributed by atoms with E-state index in [4.69, 9.17) is 5.73 Å². The Morgan fingerprint density at radius 2 is 2.00 bits per heavy atom. The number of nitro groups is 1. The first-order valence-corrected chi connectivity index (χ1v) is 8.81. The van der Waals surface area contributed by atoms with E-state index < -0.39 is 14.9 Å². The molecule has 2 unspecified atom stereocenters. The van der Waals surface area contributed by atoms with Crippen LogP contribution in [0.5, 0.6) is 0 Å². The first kappa shape index (κ1) is 19.8. The molecule has 0 heterocycles. The van der Waals surface area contributed by atoms with Gasteiger partial charge in [-0.2, -0.15) is 0 Å². The second-order valence-electron chi connectivity index (χ2n) is 5.71. The molecule has 1 aromatic carbocycles. The Labute approximate surface area is 142 Å². The van der Waals surface area contributed by atoms with Crippen LogP contribution in [-0.2, 0) is 10.0 Å². The summed E-state index contributed by atoms with van der Waals surface area (Å²) in [6.45, 7) is 2.06. The lowest BCUT2D eigenvalue weighted by Crippen LogP contribution is -2.44. The van der Waals surface area contributed by atoms with Gasteiger partial charge in [-0.15, -0.1) is 12.4 Å². The molecule has 1 aromatic rings. The maximum Gasteiger partial charge on any atom is 0.270 e. The van der Waals surface area contributed by atoms with Crippen LogP contribution in [0.2, 0.25) is 0 Å². The average molecular weight is 364 g/mol. The van der Waals surface area contributed by atoms with Gasteiger partial charge in [-0.3, -0.25) is 10.1 Å². The first-order chi connectivity index (χ1) is 10.3. The third-order valence-electron chi connectivity index (χ3n) is 4.19. The third-order valence-corrected chi connectivity index (χ3v) is 5.82. The maximum atomic E-state index is 12.6. The van der Waals surface area contributed by atoms with Gasteiger partial charge in [0.15, 0.2) is 0 Å². The molecule has 2 atom stereocenters. The Bertz CT molecular complexity index is 666. The van der Waals surface area contributed by atoms with Gasteiger partial charge in [0.25, 0.3) is 5.69 Å². The van der Waals surface area contributed by atoms with Crippen LogP contribution in [0.4, 0.5) is 5.69 Å². The minimum Gasteiger partial charge on any atom is -0.330 e. The van der Waals surface area contributed by atoms with Crippen molar-refractivity contribution < 1.29 is 13.3 Å². The lowest BCUT2D eigenvalue weighted by Gasteiger charge is -2.31. The second kappa shape index (κ2) is 8.05. The summed E-state index contributed by atoms with van der Waals surface area (Å²) in [5.74, 6) is 0.113. The van der Waals surface area contributed by atoms with E-state index in [-0.39, 0.29) is 34.9 Å². The lowest BCUT2D eigenvalue weighted by atomic mass is 9.85. The molecule has 130 valence electrons. The van der Waals surface area contributed by atoms with Crippen molar-refractivity contribution in [2.45, 2.75) is 43.5 Å². The van der Waals surface area contributed by atoms with E-state index in [2.05, 4.69) is 4.72 Å². The molecule has 0 amide bonds. The van der Waals surface area contributed by atoms with Gasteiger partial charge in [-0.25, -0.2) is 13.1 Å². The summed E-state index contributed by atoms with van der Waals surface area (Å²) in [5, 5.41) is 10.9. The molecular formula is C14H22ClN3O4S. The lowest BCUT2D eigenvalue weighted by molar-refractivity contribution is -0.385. The molecule has 0 spiro atoms. The quantitative estimate of drug-likeness (QED) is 0.614. The Kier molecular flexibility index (Phi) is 6.94. The van der Waals surface area contributed by atoms with Gasteiger partial charge in [0, 0.05) is 18.2 Å². The van der Waals surface area contributed by atoms with Crippen molar-refractivity contribution in [1.82, 2.24) is 4.72 Å². The number of nitrogens with one attached hydrogen (secondary N) is 1. The number of nitrogens with two attached hydrogens (primary N) is 1. The Morgan fingerprint density at radius 3 is 2.61 bits per heavy atom. The SMILES string of the molecule is Cc1ccc([N+](=O)[O-])cc1S(=O)(=O)NC1CCCCC1CN.Cl. The number of sulfonamides is 1. The molecule has 7 nitrogen and oxygen atoms in total. The van der Waals surface area contributed by atoms with E-state index in [1.165, 1.54) is 12.1 Å². The standard InChI is InChI=1S/C14H21N3O4S.ClH/c1-10-6-7-12(17(18)19)8-14(10)22(20,21)16-13-5-3-2-4-11(13)9-15;/h6-8,11,13,16H,2-5,9,15H2,1H3;1H. The summed E-state index contributed by atoms with van der Waals surface area (Å²) in [7, 11) is -3.80. The molecule has 9 heteroatoms. The number of rotatable bonds is 5. The summed E-state index contributed by atoms with van der Waals surface area (Å²) in [6.07, 6.45) is 3.65. The van der Waals surface area contributed by atoms with Crippen molar-refractivity contribution >= 4 is 28.1 Å². The highest BCUT2D eigenvalue weighted by atomic mass is 35.5. The summed E-state index contributed by atoms with van der Waals surface area (Å²) in [5.41, 5.74) is 5.97. The van der Waals surface area contributed by atoms with Crippen molar-refractivity contribution in [3.8, 4) is 0 Å². The van der Waals surface area contributed by atoms with Gasteiger partial charge in [0.1, 0.15) is 0 Å². The highest BCUT2D eigenvalue weighted by Crippen LogP contribution is 2.27. The van der Waals surface area contributed by atoms with E-state index in [1.54, 1.807) is 6.92 Å². The van der Waals surface area contributed by atoms with Crippen LogP contribution in [0.1, 0.15) is 31.2 Å². The zero-order valence-corrected chi connectivity index (χ0v) is 14.5. The van der Waals surface area contributed by atoms with Crippen molar-refractivity contribution in [3.63, 3.8) is 0 Å². The molecule has 2 rings (SSSR count). The molecule has 1 aliphatic rings. The minimum absolute atomic E-state index is 0. The van der Waals surface area contributed by atoms with E-state index in [1.807, 2.05) is 0 Å². The second-order valence-corrected chi connectivity index (χ2v) is 7.40. The number of hydrogen-bond donors (Lipinski definition) is 2. The van der Waals surface area contributed by atoms with Crippen LogP contribution >= 0.6 is 12.4 Å². The minimum atomic E-state index is -3.80. The zero-order valence-electron chi connectivity index (χ0n) is 12.9. The molecular weight excluding hydrogens is 342 g/mol. The number of non-ortho nitro benzene ring substituents is 1. The highest BCUT2D eigenvalue weighted by molar-refractivity contribution is 7.89. The molecule has 23 heavy (non-hydrogen) atoms. The van der Waals surface area contributed by atoms with Gasteiger partial charge in [0.05, 0.1) is 9.82 Å². The average Bonchev–Trinajstić information content (AvgIpc) is 2.47. The summed E-state index contributed by atoms with van der Waals surface area (Å²) in [4.78, 5) is 10.2. The van der Waals surface area contributed by atoms with Crippen LogP contribution in [0.15, 0.2) is 23.1 Å². The van der Waals surface area contributed by atoms with Crippen molar-refractivity contribution in [1.29, 1.82) is 0 Å². The smallest absolute Gasteiger partial charge is 0.270 e. The predicted octanol–water partition coefficient (Wildman–Crippen LogP) is 2.12. The van der Waals surface area contributed by atoms with E-state index >= 15 is 0 Å². The fourth-order valence-electron chi connectivity index (χ4n) is 2.90. The molecule has 0 saturated heterocycles. The Hall–Kier alpha value is -1.22. The molecule has 1 fully saturated rings. The molecule has 0 aliphatic heterocycles. The van der Waals surface area contributed by atoms with E-state index in [9.17, 15) is 18.5 Å².